The monoisotopic (exact) mass is 272 g/mol. The van der Waals surface area contributed by atoms with E-state index in [1.165, 1.54) is 0 Å². The van der Waals surface area contributed by atoms with Crippen LogP contribution in [0.3, 0.4) is 0 Å². The van der Waals surface area contributed by atoms with Crippen LogP contribution in [0.4, 0.5) is 5.69 Å². The minimum atomic E-state index is -0.412. The second-order valence-electron chi connectivity index (χ2n) is 4.40. The molecule has 0 unspecified atom stereocenters. The Bertz CT molecular complexity index is 453. The number of nitriles is 1. The summed E-state index contributed by atoms with van der Waals surface area (Å²) in [5.74, 6) is 0.494. The van der Waals surface area contributed by atoms with Crippen LogP contribution in [-0.2, 0) is 0 Å². The van der Waals surface area contributed by atoms with Gasteiger partial charge < -0.3 is 10.5 Å². The smallest absolute Gasteiger partial charge is 0.143 e. The van der Waals surface area contributed by atoms with E-state index in [9.17, 15) is 0 Å². The molecule has 0 aliphatic carbocycles. The molecular formula is C12H14Cl2N2O. The van der Waals surface area contributed by atoms with Crippen molar-refractivity contribution in [1.29, 1.82) is 5.26 Å². The van der Waals surface area contributed by atoms with E-state index in [4.69, 9.17) is 38.9 Å². The molecule has 1 aromatic carbocycles. The molecule has 1 aromatic rings. The summed E-state index contributed by atoms with van der Waals surface area (Å²) in [6.45, 7) is 4.12. The highest BCUT2D eigenvalue weighted by Gasteiger charge is 2.16. The zero-order chi connectivity index (χ0) is 13.1. The Labute approximate surface area is 111 Å². The predicted molar refractivity (Wildman–Crippen MR) is 70.4 cm³/mol. The highest BCUT2D eigenvalue weighted by atomic mass is 35.5. The quantitative estimate of drug-likeness (QED) is 0.846. The van der Waals surface area contributed by atoms with Crippen molar-refractivity contribution in [2.24, 2.45) is 5.41 Å². The van der Waals surface area contributed by atoms with E-state index < -0.39 is 5.41 Å². The summed E-state index contributed by atoms with van der Waals surface area (Å²) in [7, 11) is 0. The number of nitrogens with zero attached hydrogens (tertiary/aromatic N) is 1. The number of ether oxygens (including phenoxy) is 1. The molecule has 0 saturated heterocycles. The van der Waals surface area contributed by atoms with Gasteiger partial charge in [0.05, 0.1) is 33.8 Å². The summed E-state index contributed by atoms with van der Waals surface area (Å²) in [4.78, 5) is 0. The summed E-state index contributed by atoms with van der Waals surface area (Å²) >= 11 is 11.7. The fourth-order valence-electron chi connectivity index (χ4n) is 1.14. The molecule has 3 nitrogen and oxygen atoms in total. The van der Waals surface area contributed by atoms with Crippen molar-refractivity contribution >= 4 is 28.9 Å². The average Bonchev–Trinajstić information content (AvgIpc) is 2.25. The Morgan fingerprint density at radius 2 is 1.94 bits per heavy atom. The number of halogens is 2. The Balaban J connectivity index is 2.65. The molecule has 0 radical (unpaired) electrons. The highest BCUT2D eigenvalue weighted by Crippen LogP contribution is 2.32. The topological polar surface area (TPSA) is 59.0 Å². The molecule has 0 heterocycles. The molecular weight excluding hydrogens is 259 g/mol. The maximum Gasteiger partial charge on any atom is 0.143 e. The van der Waals surface area contributed by atoms with E-state index >= 15 is 0 Å². The predicted octanol–water partition coefficient (Wildman–Crippen LogP) is 3.89. The lowest BCUT2D eigenvalue weighted by molar-refractivity contribution is 0.265. The molecule has 0 amide bonds. The number of benzene rings is 1. The molecule has 0 aromatic heterocycles. The molecule has 0 spiro atoms. The van der Waals surface area contributed by atoms with Crippen molar-refractivity contribution in [3.05, 3.63) is 22.2 Å². The van der Waals surface area contributed by atoms with Crippen LogP contribution in [0.1, 0.15) is 20.3 Å². The van der Waals surface area contributed by atoms with Gasteiger partial charge in [0.2, 0.25) is 0 Å². The number of rotatable bonds is 4. The standard InChI is InChI=1S/C12H14Cl2N2O/c1-12(2,7-15)3-4-17-11-6-9(14)8(13)5-10(11)16/h5-6H,3-4,16H2,1-2H3. The zero-order valence-electron chi connectivity index (χ0n) is 9.76. The van der Waals surface area contributed by atoms with Crippen molar-refractivity contribution in [2.75, 3.05) is 12.3 Å². The van der Waals surface area contributed by atoms with Gasteiger partial charge in [0, 0.05) is 6.07 Å². The van der Waals surface area contributed by atoms with Crippen LogP contribution in [0.2, 0.25) is 10.0 Å². The number of nitrogen functional groups attached to an aromatic ring is 1. The van der Waals surface area contributed by atoms with Crippen molar-refractivity contribution < 1.29 is 4.74 Å². The van der Waals surface area contributed by atoms with E-state index in [1.54, 1.807) is 12.1 Å². The Kier molecular flexibility index (Phi) is 4.50. The number of anilines is 1. The van der Waals surface area contributed by atoms with Crippen LogP contribution in [0.25, 0.3) is 0 Å². The largest absolute Gasteiger partial charge is 0.491 e. The Morgan fingerprint density at radius 3 is 2.53 bits per heavy atom. The van der Waals surface area contributed by atoms with Crippen LogP contribution < -0.4 is 10.5 Å². The minimum absolute atomic E-state index is 0.397. The number of hydrogen-bond acceptors (Lipinski definition) is 3. The lowest BCUT2D eigenvalue weighted by Crippen LogP contribution is -2.13. The molecule has 17 heavy (non-hydrogen) atoms. The van der Waals surface area contributed by atoms with Crippen LogP contribution in [0.15, 0.2) is 12.1 Å². The van der Waals surface area contributed by atoms with E-state index in [1.807, 2.05) is 13.8 Å². The molecule has 0 aliphatic heterocycles. The maximum atomic E-state index is 8.86. The van der Waals surface area contributed by atoms with Crippen molar-refractivity contribution in [2.45, 2.75) is 20.3 Å². The third kappa shape index (κ3) is 3.99. The van der Waals surface area contributed by atoms with Gasteiger partial charge in [-0.2, -0.15) is 5.26 Å². The number of hydrogen-bond donors (Lipinski definition) is 1. The normalized spacial score (nSPS) is 11.0. The van der Waals surface area contributed by atoms with Gasteiger partial charge in [0.1, 0.15) is 5.75 Å². The first kappa shape index (κ1) is 14.0. The van der Waals surface area contributed by atoms with Crippen LogP contribution in [0, 0.1) is 16.7 Å². The van der Waals surface area contributed by atoms with Gasteiger partial charge in [-0.1, -0.05) is 23.2 Å². The first-order valence-electron chi connectivity index (χ1n) is 5.14. The Hall–Kier alpha value is -1.11. The fourth-order valence-corrected chi connectivity index (χ4v) is 1.47. The van der Waals surface area contributed by atoms with Gasteiger partial charge in [-0.15, -0.1) is 0 Å². The van der Waals surface area contributed by atoms with E-state index in [0.29, 0.717) is 34.5 Å². The zero-order valence-corrected chi connectivity index (χ0v) is 11.3. The third-order valence-electron chi connectivity index (χ3n) is 2.34. The van der Waals surface area contributed by atoms with Crippen LogP contribution in [0.5, 0.6) is 5.75 Å². The van der Waals surface area contributed by atoms with E-state index in [-0.39, 0.29) is 0 Å². The summed E-state index contributed by atoms with van der Waals surface area (Å²) < 4.78 is 5.49. The van der Waals surface area contributed by atoms with Gasteiger partial charge in [-0.05, 0) is 26.3 Å². The molecule has 92 valence electrons. The van der Waals surface area contributed by atoms with E-state index in [0.717, 1.165) is 0 Å². The summed E-state index contributed by atoms with van der Waals surface area (Å²) in [5.41, 5.74) is 5.77. The summed E-state index contributed by atoms with van der Waals surface area (Å²) in [6.07, 6.45) is 0.614. The minimum Gasteiger partial charge on any atom is -0.491 e. The molecule has 0 aliphatic rings. The fraction of sp³-hybridized carbons (Fsp3) is 0.417. The van der Waals surface area contributed by atoms with Gasteiger partial charge >= 0.3 is 0 Å². The molecule has 0 saturated carbocycles. The van der Waals surface area contributed by atoms with Crippen LogP contribution >= 0.6 is 23.2 Å². The SMILES string of the molecule is CC(C)(C#N)CCOc1cc(Cl)c(Cl)cc1N. The lowest BCUT2D eigenvalue weighted by Gasteiger charge is -2.16. The molecule has 5 heteroatoms. The second-order valence-corrected chi connectivity index (χ2v) is 5.21. The summed E-state index contributed by atoms with van der Waals surface area (Å²) in [6, 6.07) is 5.34. The molecule has 2 N–H and O–H groups in total. The molecule has 0 atom stereocenters. The van der Waals surface area contributed by atoms with Crippen molar-refractivity contribution in [1.82, 2.24) is 0 Å². The van der Waals surface area contributed by atoms with Crippen molar-refractivity contribution in [3.63, 3.8) is 0 Å². The van der Waals surface area contributed by atoms with Gasteiger partial charge in [-0.25, -0.2) is 0 Å². The molecule has 0 fully saturated rings. The summed E-state index contributed by atoms with van der Waals surface area (Å²) in [5, 5.41) is 9.65. The first-order valence-corrected chi connectivity index (χ1v) is 5.90. The molecule has 0 bridgehead atoms. The van der Waals surface area contributed by atoms with Gasteiger partial charge in [0.15, 0.2) is 0 Å². The third-order valence-corrected chi connectivity index (χ3v) is 3.06. The average molecular weight is 273 g/mol. The highest BCUT2D eigenvalue weighted by molar-refractivity contribution is 6.42. The van der Waals surface area contributed by atoms with Gasteiger partial charge in [-0.3, -0.25) is 0 Å². The van der Waals surface area contributed by atoms with Crippen molar-refractivity contribution in [3.8, 4) is 11.8 Å². The lowest BCUT2D eigenvalue weighted by atomic mass is 9.92. The number of nitrogens with two attached hydrogens (primary N) is 1. The van der Waals surface area contributed by atoms with Gasteiger partial charge in [0.25, 0.3) is 0 Å². The second kappa shape index (κ2) is 5.48. The van der Waals surface area contributed by atoms with Crippen LogP contribution in [-0.4, -0.2) is 6.61 Å². The van der Waals surface area contributed by atoms with E-state index in [2.05, 4.69) is 6.07 Å². The maximum absolute atomic E-state index is 8.86. The Morgan fingerprint density at radius 1 is 1.35 bits per heavy atom. The molecule has 1 rings (SSSR count). The first-order chi connectivity index (χ1) is 7.85.